The van der Waals surface area contributed by atoms with Crippen LogP contribution in [0, 0.1) is 0 Å². The second-order valence-corrected chi connectivity index (χ2v) is 5.62. The van der Waals surface area contributed by atoms with Crippen LogP contribution in [0.1, 0.15) is 18.2 Å². The van der Waals surface area contributed by atoms with E-state index >= 15 is 0 Å². The van der Waals surface area contributed by atoms with Crippen LogP contribution in [0.15, 0.2) is 23.1 Å². The van der Waals surface area contributed by atoms with Gasteiger partial charge in [-0.3, -0.25) is 14.3 Å². The molecule has 0 aliphatic carbocycles. The Labute approximate surface area is 114 Å². The van der Waals surface area contributed by atoms with Gasteiger partial charge in [-0.15, -0.1) is 5.10 Å². The van der Waals surface area contributed by atoms with Crippen LogP contribution in [0.25, 0.3) is 0 Å². The monoisotopic (exact) mass is 310 g/mol. The van der Waals surface area contributed by atoms with Crippen molar-refractivity contribution in [3.8, 4) is 0 Å². The zero-order chi connectivity index (χ0) is 12.5. The number of hydrogen-bond donors (Lipinski definition) is 0. The Balaban J connectivity index is 1.61. The Morgan fingerprint density at radius 2 is 2.33 bits per heavy atom. The molecule has 1 aliphatic heterocycles. The van der Waals surface area contributed by atoms with Gasteiger partial charge in [-0.25, -0.2) is 0 Å². The summed E-state index contributed by atoms with van der Waals surface area (Å²) in [6.07, 6.45) is 6.98. The van der Waals surface area contributed by atoms with Gasteiger partial charge in [0.25, 0.3) is 0 Å². The lowest BCUT2D eigenvalue weighted by Gasteiger charge is -2.14. The first-order valence-corrected chi connectivity index (χ1v) is 6.77. The predicted molar refractivity (Wildman–Crippen MR) is 69.9 cm³/mol. The van der Waals surface area contributed by atoms with Gasteiger partial charge in [0.1, 0.15) is 0 Å². The third kappa shape index (κ3) is 2.46. The Bertz CT molecular complexity index is 533. The van der Waals surface area contributed by atoms with Gasteiger partial charge >= 0.3 is 0 Å². The highest BCUT2D eigenvalue weighted by Gasteiger charge is 2.24. The average Bonchev–Trinajstić information content (AvgIpc) is 3.01. The molecule has 6 nitrogen and oxygen atoms in total. The number of nitrogens with zero attached hydrogens (tertiary/aromatic N) is 6. The van der Waals surface area contributed by atoms with Gasteiger partial charge < -0.3 is 0 Å². The molecular weight excluding hydrogens is 296 g/mol. The molecule has 0 saturated carbocycles. The van der Waals surface area contributed by atoms with Crippen molar-refractivity contribution in [2.24, 2.45) is 7.05 Å². The van der Waals surface area contributed by atoms with E-state index in [-0.39, 0.29) is 0 Å². The molecule has 18 heavy (non-hydrogen) atoms. The van der Waals surface area contributed by atoms with Crippen LogP contribution < -0.4 is 0 Å². The van der Waals surface area contributed by atoms with Gasteiger partial charge in [0.05, 0.1) is 22.4 Å². The Morgan fingerprint density at radius 3 is 3.00 bits per heavy atom. The summed E-state index contributed by atoms with van der Waals surface area (Å²) in [6.45, 7) is 2.97. The molecule has 0 spiro atoms. The molecule has 1 saturated heterocycles. The van der Waals surface area contributed by atoms with Crippen LogP contribution >= 0.6 is 15.9 Å². The molecule has 1 fully saturated rings. The number of rotatable bonds is 3. The standard InChI is InChI=1S/C11H15BrN6/c1-16-6-10(14-15-16)7-17-3-2-11(8-17)18-5-9(12)4-13-18/h4-6,11H,2-3,7-8H2,1H3. The van der Waals surface area contributed by atoms with Crippen LogP contribution in [0.5, 0.6) is 0 Å². The van der Waals surface area contributed by atoms with Crippen LogP contribution in [-0.4, -0.2) is 42.8 Å². The second kappa shape index (κ2) is 4.81. The van der Waals surface area contributed by atoms with Crippen LogP contribution in [0.2, 0.25) is 0 Å². The molecule has 3 heterocycles. The number of aryl methyl sites for hydroxylation is 1. The number of likely N-dealkylation sites (tertiary alicyclic amines) is 1. The SMILES string of the molecule is Cn1cc(CN2CCC(n3cc(Br)cn3)C2)nn1. The Morgan fingerprint density at radius 1 is 1.44 bits per heavy atom. The number of aromatic nitrogens is 5. The lowest BCUT2D eigenvalue weighted by Crippen LogP contribution is -2.21. The third-order valence-corrected chi connectivity index (χ3v) is 3.64. The zero-order valence-electron chi connectivity index (χ0n) is 10.2. The molecule has 1 unspecified atom stereocenters. The number of hydrogen-bond acceptors (Lipinski definition) is 4. The van der Waals surface area contributed by atoms with E-state index in [9.17, 15) is 0 Å². The minimum Gasteiger partial charge on any atom is -0.295 e. The second-order valence-electron chi connectivity index (χ2n) is 4.70. The Hall–Kier alpha value is -1.21. The lowest BCUT2D eigenvalue weighted by molar-refractivity contribution is 0.308. The average molecular weight is 311 g/mol. The molecule has 1 atom stereocenters. The molecule has 0 bridgehead atoms. The maximum absolute atomic E-state index is 4.35. The first-order chi connectivity index (χ1) is 8.70. The summed E-state index contributed by atoms with van der Waals surface area (Å²) in [7, 11) is 1.89. The molecular formula is C11H15BrN6. The van der Waals surface area contributed by atoms with Gasteiger partial charge in [0.2, 0.25) is 0 Å². The summed E-state index contributed by atoms with van der Waals surface area (Å²) in [5, 5.41) is 12.4. The fourth-order valence-electron chi connectivity index (χ4n) is 2.38. The Kier molecular flexibility index (Phi) is 3.17. The van der Waals surface area contributed by atoms with Crippen molar-refractivity contribution in [1.82, 2.24) is 29.7 Å². The van der Waals surface area contributed by atoms with E-state index in [2.05, 4.69) is 36.2 Å². The highest BCUT2D eigenvalue weighted by Crippen LogP contribution is 2.23. The smallest absolute Gasteiger partial charge is 0.0967 e. The molecule has 3 rings (SSSR count). The van der Waals surface area contributed by atoms with E-state index in [1.165, 1.54) is 0 Å². The summed E-state index contributed by atoms with van der Waals surface area (Å²) < 4.78 is 4.82. The lowest BCUT2D eigenvalue weighted by atomic mass is 10.3. The van der Waals surface area contributed by atoms with E-state index in [1.54, 1.807) is 4.68 Å². The fraction of sp³-hybridized carbons (Fsp3) is 0.545. The first-order valence-electron chi connectivity index (χ1n) is 5.98. The topological polar surface area (TPSA) is 51.8 Å². The molecule has 0 amide bonds. The molecule has 0 aromatic carbocycles. The van der Waals surface area contributed by atoms with Crippen molar-refractivity contribution in [3.63, 3.8) is 0 Å². The summed E-state index contributed by atoms with van der Waals surface area (Å²) in [6, 6.07) is 0.466. The van der Waals surface area contributed by atoms with E-state index in [0.717, 1.165) is 36.2 Å². The van der Waals surface area contributed by atoms with Gasteiger partial charge in [-0.2, -0.15) is 5.10 Å². The van der Waals surface area contributed by atoms with E-state index in [0.29, 0.717) is 6.04 Å². The van der Waals surface area contributed by atoms with Crippen molar-refractivity contribution >= 4 is 15.9 Å². The van der Waals surface area contributed by atoms with Crippen LogP contribution in [0.3, 0.4) is 0 Å². The van der Waals surface area contributed by atoms with E-state index in [4.69, 9.17) is 0 Å². The highest BCUT2D eigenvalue weighted by molar-refractivity contribution is 9.10. The third-order valence-electron chi connectivity index (χ3n) is 3.23. The molecule has 2 aromatic rings. The molecule has 0 N–H and O–H groups in total. The van der Waals surface area contributed by atoms with Gasteiger partial charge in [-0.05, 0) is 22.4 Å². The highest BCUT2D eigenvalue weighted by atomic mass is 79.9. The maximum Gasteiger partial charge on any atom is 0.0967 e. The van der Waals surface area contributed by atoms with Crippen molar-refractivity contribution in [1.29, 1.82) is 0 Å². The van der Waals surface area contributed by atoms with Gasteiger partial charge in [-0.1, -0.05) is 5.21 Å². The first kappa shape index (κ1) is 11.9. The van der Waals surface area contributed by atoms with Crippen LogP contribution in [0.4, 0.5) is 0 Å². The van der Waals surface area contributed by atoms with E-state index < -0.39 is 0 Å². The number of halogens is 1. The summed E-state index contributed by atoms with van der Waals surface area (Å²) in [5.74, 6) is 0. The minimum atomic E-state index is 0.466. The van der Waals surface area contributed by atoms with Crippen molar-refractivity contribution in [2.75, 3.05) is 13.1 Å². The summed E-state index contributed by atoms with van der Waals surface area (Å²) in [4.78, 5) is 2.39. The molecule has 0 radical (unpaired) electrons. The quantitative estimate of drug-likeness (QED) is 0.855. The molecule has 2 aromatic heterocycles. The van der Waals surface area contributed by atoms with Gasteiger partial charge in [0.15, 0.2) is 0 Å². The van der Waals surface area contributed by atoms with Crippen molar-refractivity contribution < 1.29 is 0 Å². The predicted octanol–water partition coefficient (Wildman–Crippen LogP) is 1.22. The summed E-state index contributed by atoms with van der Waals surface area (Å²) >= 11 is 3.43. The molecule has 96 valence electrons. The van der Waals surface area contributed by atoms with Crippen LogP contribution in [-0.2, 0) is 13.6 Å². The van der Waals surface area contributed by atoms with Crippen molar-refractivity contribution in [3.05, 3.63) is 28.8 Å². The maximum atomic E-state index is 4.35. The minimum absolute atomic E-state index is 0.466. The molecule has 7 heteroatoms. The largest absolute Gasteiger partial charge is 0.295 e. The molecule has 1 aliphatic rings. The normalized spacial score (nSPS) is 20.7. The zero-order valence-corrected chi connectivity index (χ0v) is 11.8. The van der Waals surface area contributed by atoms with Gasteiger partial charge in [0, 0.05) is 39.1 Å². The summed E-state index contributed by atoms with van der Waals surface area (Å²) in [5.41, 5.74) is 1.03. The fourth-order valence-corrected chi connectivity index (χ4v) is 2.68. The van der Waals surface area contributed by atoms with E-state index in [1.807, 2.05) is 30.3 Å². The van der Waals surface area contributed by atoms with Crippen molar-refractivity contribution in [2.45, 2.75) is 19.0 Å².